The van der Waals surface area contributed by atoms with Crippen molar-refractivity contribution in [3.63, 3.8) is 0 Å². The molecule has 23 heavy (non-hydrogen) atoms. The number of nitriles is 1. The Hall–Kier alpha value is -3.33. The number of benzene rings is 1. The number of phenolic OH excluding ortho intramolecular Hbond substituents is 1. The Kier molecular flexibility index (Phi) is 5.31. The van der Waals surface area contributed by atoms with Gasteiger partial charge >= 0.3 is 0 Å². The Labute approximate surface area is 134 Å². The molecule has 0 aliphatic carbocycles. The van der Waals surface area contributed by atoms with E-state index in [1.54, 1.807) is 42.5 Å². The zero-order valence-electron chi connectivity index (χ0n) is 12.6. The summed E-state index contributed by atoms with van der Waals surface area (Å²) in [6.07, 6.45) is 4.75. The number of pyridine rings is 1. The van der Waals surface area contributed by atoms with Gasteiger partial charge in [-0.25, -0.2) is 0 Å². The summed E-state index contributed by atoms with van der Waals surface area (Å²) in [5.74, 6) is -0.303. The van der Waals surface area contributed by atoms with E-state index < -0.39 is 5.91 Å². The van der Waals surface area contributed by atoms with Gasteiger partial charge in [-0.1, -0.05) is 6.07 Å². The van der Waals surface area contributed by atoms with Gasteiger partial charge in [0.05, 0.1) is 0 Å². The van der Waals surface area contributed by atoms with E-state index in [2.05, 4.69) is 10.3 Å². The maximum Gasteiger partial charge on any atom is 0.263 e. The minimum absolute atomic E-state index is 0.00975. The van der Waals surface area contributed by atoms with E-state index in [0.29, 0.717) is 6.54 Å². The highest BCUT2D eigenvalue weighted by atomic mass is 16.3. The van der Waals surface area contributed by atoms with Crippen LogP contribution in [-0.4, -0.2) is 23.0 Å². The summed E-state index contributed by atoms with van der Waals surface area (Å²) < 4.78 is 0. The summed E-state index contributed by atoms with van der Waals surface area (Å²) in [4.78, 5) is 17.7. The number of aromatic nitrogens is 1. The number of aromatic hydroxyl groups is 1. The zero-order chi connectivity index (χ0) is 16.7. The second kappa shape index (κ2) is 7.61. The van der Waals surface area contributed by atoms with Crippen LogP contribution in [0.25, 0.3) is 0 Å². The fourth-order valence-electron chi connectivity index (χ4n) is 1.87. The average molecular weight is 308 g/mol. The van der Waals surface area contributed by atoms with E-state index in [9.17, 15) is 15.2 Å². The lowest BCUT2D eigenvalue weighted by Crippen LogP contribution is -2.25. The van der Waals surface area contributed by atoms with Gasteiger partial charge in [-0.2, -0.15) is 5.26 Å². The summed E-state index contributed by atoms with van der Waals surface area (Å²) >= 11 is 0. The maximum absolute atomic E-state index is 12.1. The van der Waals surface area contributed by atoms with Crippen LogP contribution in [0.3, 0.4) is 0 Å². The molecule has 1 amide bonds. The summed E-state index contributed by atoms with van der Waals surface area (Å²) in [5.41, 5.74) is 1.59. The normalized spacial score (nSPS) is 10.7. The Balaban J connectivity index is 2.04. The molecule has 116 valence electrons. The number of nitrogens with zero attached hydrogens (tertiary/aromatic N) is 3. The highest BCUT2D eigenvalue weighted by molar-refractivity contribution is 5.97. The van der Waals surface area contributed by atoms with Gasteiger partial charge < -0.3 is 15.3 Å². The molecule has 0 atom stereocenters. The first-order chi connectivity index (χ1) is 11.1. The first-order valence-electron chi connectivity index (χ1n) is 6.91. The van der Waals surface area contributed by atoms with Gasteiger partial charge in [0.25, 0.3) is 5.91 Å². The van der Waals surface area contributed by atoms with Crippen LogP contribution in [0.2, 0.25) is 0 Å². The minimum atomic E-state index is -0.456. The van der Waals surface area contributed by atoms with Crippen molar-refractivity contribution < 1.29 is 9.90 Å². The van der Waals surface area contributed by atoms with Crippen LogP contribution in [0, 0.1) is 11.3 Å². The minimum Gasteiger partial charge on any atom is -0.508 e. The molecule has 1 aromatic heterocycles. The third-order valence-corrected chi connectivity index (χ3v) is 3.12. The van der Waals surface area contributed by atoms with Crippen LogP contribution in [0.1, 0.15) is 5.56 Å². The summed E-state index contributed by atoms with van der Waals surface area (Å²) in [6, 6.07) is 12.0. The Bertz CT molecular complexity index is 733. The number of amides is 1. The molecule has 2 N–H and O–H groups in total. The summed E-state index contributed by atoms with van der Waals surface area (Å²) in [6.45, 7) is 0.300. The van der Waals surface area contributed by atoms with Gasteiger partial charge in [-0.3, -0.25) is 9.78 Å². The third kappa shape index (κ3) is 4.58. The number of hydrogen-bond donors (Lipinski definition) is 2. The monoisotopic (exact) mass is 308 g/mol. The molecule has 1 aromatic carbocycles. The van der Waals surface area contributed by atoms with Gasteiger partial charge in [-0.15, -0.1) is 0 Å². The van der Waals surface area contributed by atoms with E-state index >= 15 is 0 Å². The van der Waals surface area contributed by atoms with E-state index in [1.807, 2.05) is 12.1 Å². The standard InChI is InChI=1S/C17H16N4O2/c1-21(15-4-6-16(22)7-5-15)12-14(9-18)17(23)20-11-13-3-2-8-19-10-13/h2-8,10,12,22H,11H2,1H3,(H,20,23)/b14-12-. The number of rotatable bonds is 5. The van der Waals surface area contributed by atoms with E-state index in [0.717, 1.165) is 11.3 Å². The van der Waals surface area contributed by atoms with Gasteiger partial charge in [0.1, 0.15) is 17.4 Å². The smallest absolute Gasteiger partial charge is 0.263 e. The first-order valence-corrected chi connectivity index (χ1v) is 6.91. The molecule has 6 nitrogen and oxygen atoms in total. The van der Waals surface area contributed by atoms with Crippen LogP contribution >= 0.6 is 0 Å². The fourth-order valence-corrected chi connectivity index (χ4v) is 1.87. The SMILES string of the molecule is CN(/C=C(/C#N)C(=O)NCc1cccnc1)c1ccc(O)cc1. The fraction of sp³-hybridized carbons (Fsp3) is 0.118. The summed E-state index contributed by atoms with van der Waals surface area (Å²) in [5, 5.41) is 21.1. The Morgan fingerprint density at radius 2 is 2.13 bits per heavy atom. The number of phenols is 1. The van der Waals surface area contributed by atoms with Crippen molar-refractivity contribution in [1.29, 1.82) is 5.26 Å². The van der Waals surface area contributed by atoms with E-state index in [1.165, 1.54) is 18.3 Å². The molecule has 0 fully saturated rings. The molecule has 0 unspecified atom stereocenters. The molecule has 0 bridgehead atoms. The highest BCUT2D eigenvalue weighted by Gasteiger charge is 2.10. The van der Waals surface area contributed by atoms with Crippen molar-refractivity contribution >= 4 is 11.6 Å². The lowest BCUT2D eigenvalue weighted by Gasteiger charge is -2.15. The van der Waals surface area contributed by atoms with Crippen molar-refractivity contribution in [3.05, 3.63) is 66.1 Å². The zero-order valence-corrected chi connectivity index (χ0v) is 12.6. The van der Waals surface area contributed by atoms with Gasteiger partial charge in [-0.05, 0) is 35.9 Å². The van der Waals surface area contributed by atoms with Crippen molar-refractivity contribution in [2.45, 2.75) is 6.54 Å². The maximum atomic E-state index is 12.1. The number of anilines is 1. The number of carbonyl (C=O) groups excluding carboxylic acids is 1. The Morgan fingerprint density at radius 3 is 2.74 bits per heavy atom. The lowest BCUT2D eigenvalue weighted by molar-refractivity contribution is -0.117. The lowest BCUT2D eigenvalue weighted by atomic mass is 10.2. The first kappa shape index (κ1) is 16.0. The Morgan fingerprint density at radius 1 is 1.39 bits per heavy atom. The predicted molar refractivity (Wildman–Crippen MR) is 86.3 cm³/mol. The number of nitrogens with one attached hydrogen (secondary N) is 1. The second-order valence-corrected chi connectivity index (χ2v) is 4.83. The van der Waals surface area contributed by atoms with Crippen molar-refractivity contribution in [2.75, 3.05) is 11.9 Å². The highest BCUT2D eigenvalue weighted by Crippen LogP contribution is 2.18. The molecule has 2 aromatic rings. The number of carbonyl (C=O) groups is 1. The third-order valence-electron chi connectivity index (χ3n) is 3.12. The van der Waals surface area contributed by atoms with E-state index in [-0.39, 0.29) is 11.3 Å². The average Bonchev–Trinajstić information content (AvgIpc) is 2.59. The quantitative estimate of drug-likeness (QED) is 0.651. The molecule has 0 saturated heterocycles. The van der Waals surface area contributed by atoms with Crippen LogP contribution in [0.4, 0.5) is 5.69 Å². The second-order valence-electron chi connectivity index (χ2n) is 4.83. The molecule has 2 rings (SSSR count). The van der Waals surface area contributed by atoms with Crippen LogP contribution < -0.4 is 10.2 Å². The molecular formula is C17H16N4O2. The topological polar surface area (TPSA) is 89.3 Å². The van der Waals surface area contributed by atoms with Crippen LogP contribution in [0.5, 0.6) is 5.75 Å². The van der Waals surface area contributed by atoms with Gasteiger partial charge in [0, 0.05) is 37.9 Å². The largest absolute Gasteiger partial charge is 0.508 e. The molecule has 0 saturated carbocycles. The molecule has 6 heteroatoms. The van der Waals surface area contributed by atoms with E-state index in [4.69, 9.17) is 0 Å². The van der Waals surface area contributed by atoms with Crippen LogP contribution in [0.15, 0.2) is 60.6 Å². The molecule has 1 heterocycles. The van der Waals surface area contributed by atoms with Crippen LogP contribution in [-0.2, 0) is 11.3 Å². The predicted octanol–water partition coefficient (Wildman–Crippen LogP) is 1.95. The molecule has 0 aliphatic heterocycles. The number of hydrogen-bond acceptors (Lipinski definition) is 5. The molecule has 0 aliphatic rings. The van der Waals surface area contributed by atoms with Crippen molar-refractivity contribution in [3.8, 4) is 11.8 Å². The van der Waals surface area contributed by atoms with Crippen molar-refractivity contribution in [2.24, 2.45) is 0 Å². The van der Waals surface area contributed by atoms with Crippen molar-refractivity contribution in [1.82, 2.24) is 10.3 Å². The summed E-state index contributed by atoms with van der Waals surface area (Å²) in [7, 11) is 1.72. The van der Waals surface area contributed by atoms with Gasteiger partial charge in [0.15, 0.2) is 0 Å². The molecule has 0 spiro atoms. The molecular weight excluding hydrogens is 292 g/mol. The molecule has 0 radical (unpaired) electrons. The van der Waals surface area contributed by atoms with Gasteiger partial charge in [0.2, 0.25) is 0 Å².